The number of hydrogen-bond donors (Lipinski definition) is 3. The van der Waals surface area contributed by atoms with Gasteiger partial charge in [-0.2, -0.15) is 0 Å². The topological polar surface area (TPSA) is 118 Å². The number of amides is 1. The smallest absolute Gasteiger partial charge is 0.423 e. The summed E-state index contributed by atoms with van der Waals surface area (Å²) < 4.78 is 13.8. The maximum atomic E-state index is 12.9. The van der Waals surface area contributed by atoms with E-state index in [-0.39, 0.29) is 11.7 Å². The quantitative estimate of drug-likeness (QED) is 0.0215. The first kappa shape index (κ1) is 56.5. The van der Waals surface area contributed by atoms with E-state index in [1.165, 1.54) is 49.6 Å². The predicted octanol–water partition coefficient (Wildman–Crippen LogP) is 8.38. The van der Waals surface area contributed by atoms with E-state index in [0.717, 1.165) is 73.1 Å². The third kappa shape index (κ3) is 11.5. The normalized spacial score (nSPS) is 15.2. The Morgan fingerprint density at radius 1 is 0.700 bits per heavy atom. The zero-order valence-electron chi connectivity index (χ0n) is 48.0. The molecule has 0 fully saturated rings. The SMILES string of the molecule is C=C(C)C(=O)CCCCN(Cc1cccc2c1B(O)OC2)Cc1c2ccccc2c(CN(CCCNC(=O)C(=C)C)Cc2cccc3c2B(O)OC3)c2ccc(C3=C4C=CC(=[N+](C)C)C=C4[Si](C)(C)c4cc(N(C)C)ccc43)cc12. The molecule has 0 saturated heterocycles. The number of nitrogens with one attached hydrogen (secondary N) is 1. The second-order valence-electron chi connectivity index (χ2n) is 23.3. The van der Waals surface area contributed by atoms with Crippen molar-refractivity contribution in [1.82, 2.24) is 15.1 Å². The van der Waals surface area contributed by atoms with Crippen LogP contribution in [0, 0.1) is 0 Å². The lowest BCUT2D eigenvalue weighted by molar-refractivity contribution is -0.462. The fourth-order valence-electron chi connectivity index (χ4n) is 12.4. The fourth-order valence-corrected chi connectivity index (χ4v) is 15.5. The summed E-state index contributed by atoms with van der Waals surface area (Å²) in [5.74, 6) is -0.0604. The van der Waals surface area contributed by atoms with Crippen LogP contribution in [0.4, 0.5) is 5.69 Å². The number of allylic oxidation sites excluding steroid dienone is 6. The maximum absolute atomic E-state index is 12.9. The Morgan fingerprint density at radius 2 is 1.30 bits per heavy atom. The molecule has 0 aromatic heterocycles. The first-order valence-electron chi connectivity index (χ1n) is 28.2. The number of unbranched alkanes of at least 4 members (excludes halogenated alkanes) is 1. The molecule has 1 amide bonds. The molecule has 0 atom stereocenters. The Kier molecular flexibility index (Phi) is 16.8. The highest BCUT2D eigenvalue weighted by Crippen LogP contribution is 2.44. The van der Waals surface area contributed by atoms with E-state index in [1.54, 1.807) is 13.8 Å². The van der Waals surface area contributed by atoms with Gasteiger partial charge in [0.05, 0.1) is 13.2 Å². The zero-order valence-corrected chi connectivity index (χ0v) is 49.0. The lowest BCUT2D eigenvalue weighted by Crippen LogP contribution is -2.49. The summed E-state index contributed by atoms with van der Waals surface area (Å²) in [6, 6.07) is 35.4. The summed E-state index contributed by atoms with van der Waals surface area (Å²) in [6.45, 7) is 21.2. The number of ketones is 1. The van der Waals surface area contributed by atoms with Gasteiger partial charge >= 0.3 is 14.2 Å². The monoisotopic (exact) mass is 1080 g/mol. The van der Waals surface area contributed by atoms with Gasteiger partial charge < -0.3 is 29.6 Å². The highest BCUT2D eigenvalue weighted by Gasteiger charge is 2.41. The molecule has 3 N–H and O–H groups in total. The molecule has 0 radical (unpaired) electrons. The van der Waals surface area contributed by atoms with Crippen LogP contribution in [0.5, 0.6) is 0 Å². The minimum absolute atomic E-state index is 0.0925. The van der Waals surface area contributed by atoms with Crippen molar-refractivity contribution in [3.05, 3.63) is 195 Å². The molecular weight excluding hydrogens is 1010 g/mol. The molecule has 6 aromatic carbocycles. The van der Waals surface area contributed by atoms with Gasteiger partial charge in [-0.1, -0.05) is 105 Å². The number of nitrogens with zero attached hydrogens (tertiary/aromatic N) is 4. The molecule has 0 saturated carbocycles. The summed E-state index contributed by atoms with van der Waals surface area (Å²) in [5, 5.41) is 32.9. The number of Topliss-reactive ketones (excluding diaryl/α,β-unsaturated/α-hetero) is 1. The largest absolute Gasteiger partial charge is 0.492 e. The summed E-state index contributed by atoms with van der Waals surface area (Å²) in [6.07, 6.45) is 9.71. The lowest BCUT2D eigenvalue weighted by Gasteiger charge is -2.38. The van der Waals surface area contributed by atoms with Crippen LogP contribution in [0.3, 0.4) is 0 Å². The van der Waals surface area contributed by atoms with Gasteiger partial charge in [-0.15, -0.1) is 0 Å². The van der Waals surface area contributed by atoms with Gasteiger partial charge in [-0.3, -0.25) is 19.4 Å². The van der Waals surface area contributed by atoms with Gasteiger partial charge in [0.15, 0.2) is 11.5 Å². The van der Waals surface area contributed by atoms with Crippen LogP contribution in [0.1, 0.15) is 84.0 Å². The molecule has 410 valence electrons. The van der Waals surface area contributed by atoms with Crippen molar-refractivity contribution in [2.45, 2.75) is 92.0 Å². The molecule has 3 heterocycles. The van der Waals surface area contributed by atoms with Crippen molar-refractivity contribution in [1.29, 1.82) is 0 Å². The van der Waals surface area contributed by atoms with Crippen LogP contribution < -0.4 is 26.3 Å². The number of carbonyl (C=O) groups is 2. The van der Waals surface area contributed by atoms with Crippen LogP contribution in [-0.2, 0) is 58.3 Å². The van der Waals surface area contributed by atoms with Crippen molar-refractivity contribution < 1.29 is 33.5 Å². The van der Waals surface area contributed by atoms with Gasteiger partial charge in [0, 0.05) is 83.2 Å². The van der Waals surface area contributed by atoms with Crippen molar-refractivity contribution in [3.63, 3.8) is 0 Å². The number of rotatable bonds is 21. The second kappa shape index (κ2) is 23.8. The third-order valence-electron chi connectivity index (χ3n) is 16.8. The molecule has 0 unspecified atom stereocenters. The summed E-state index contributed by atoms with van der Waals surface area (Å²) in [4.78, 5) is 32.7. The minimum atomic E-state index is -2.25. The van der Waals surface area contributed by atoms with Gasteiger partial charge in [0.25, 0.3) is 0 Å². The molecule has 3 aliphatic heterocycles. The van der Waals surface area contributed by atoms with Crippen molar-refractivity contribution in [2.24, 2.45) is 0 Å². The van der Waals surface area contributed by atoms with Crippen molar-refractivity contribution in [3.8, 4) is 0 Å². The summed E-state index contributed by atoms with van der Waals surface area (Å²) in [7, 11) is 4.23. The fraction of sp³-hybridized carbons (Fsp3) is 0.318. The molecule has 14 heteroatoms. The highest BCUT2D eigenvalue weighted by atomic mass is 28.3. The van der Waals surface area contributed by atoms with Gasteiger partial charge in [-0.25, -0.2) is 4.58 Å². The summed E-state index contributed by atoms with van der Waals surface area (Å²) >= 11 is 0. The first-order valence-corrected chi connectivity index (χ1v) is 31.2. The van der Waals surface area contributed by atoms with E-state index in [2.05, 4.69) is 182 Å². The number of anilines is 1. The second-order valence-corrected chi connectivity index (χ2v) is 27.6. The Morgan fingerprint density at radius 3 is 1.89 bits per heavy atom. The van der Waals surface area contributed by atoms with Gasteiger partial charge in [0.1, 0.15) is 22.2 Å². The number of carbonyl (C=O) groups excluding carboxylic acids is 2. The number of benzene rings is 6. The van der Waals surface area contributed by atoms with Crippen LogP contribution >= 0.6 is 0 Å². The predicted molar refractivity (Wildman–Crippen MR) is 332 cm³/mol. The Labute approximate surface area is 474 Å². The Hall–Kier alpha value is -6.74. The van der Waals surface area contributed by atoms with E-state index in [0.29, 0.717) is 83.0 Å². The van der Waals surface area contributed by atoms with Crippen LogP contribution in [-0.4, -0.2) is 112 Å². The van der Waals surface area contributed by atoms with Crippen LogP contribution in [0.2, 0.25) is 13.1 Å². The Bertz CT molecular complexity index is 3610. The molecule has 1 aliphatic carbocycles. The third-order valence-corrected chi connectivity index (χ3v) is 20.3. The number of fused-ring (bicyclic) bond motifs is 6. The molecular formula is C66H76B2N5O6Si+. The zero-order chi connectivity index (χ0) is 56.6. The summed E-state index contributed by atoms with van der Waals surface area (Å²) in [5.41, 5.74) is 16.5. The van der Waals surface area contributed by atoms with E-state index in [1.807, 2.05) is 12.1 Å². The van der Waals surface area contributed by atoms with Crippen LogP contribution in [0.25, 0.3) is 27.1 Å². The van der Waals surface area contributed by atoms with Crippen molar-refractivity contribution >= 4 is 88.6 Å². The maximum Gasteiger partial charge on any atom is 0.492 e. The van der Waals surface area contributed by atoms with Gasteiger partial charge in [-0.05, 0) is 168 Å². The average Bonchev–Trinajstić information content (AvgIpc) is 2.57. The number of hydrogen-bond acceptors (Lipinski definition) is 9. The Balaban J connectivity index is 1.17. The van der Waals surface area contributed by atoms with E-state index in [9.17, 15) is 19.6 Å². The molecule has 0 spiro atoms. The van der Waals surface area contributed by atoms with Crippen molar-refractivity contribution in [2.75, 3.05) is 52.7 Å². The lowest BCUT2D eigenvalue weighted by atomic mass is 9.76. The molecule has 10 rings (SSSR count). The molecule has 11 nitrogen and oxygen atoms in total. The van der Waals surface area contributed by atoms with E-state index >= 15 is 0 Å². The van der Waals surface area contributed by atoms with E-state index in [4.69, 9.17) is 9.31 Å². The average molecular weight is 1090 g/mol. The van der Waals surface area contributed by atoms with Gasteiger partial charge in [0.2, 0.25) is 5.91 Å². The highest BCUT2D eigenvalue weighted by molar-refractivity contribution is 6.98. The molecule has 6 aromatic rings. The molecule has 0 bridgehead atoms. The van der Waals surface area contributed by atoms with Crippen LogP contribution in [0.15, 0.2) is 150 Å². The molecule has 80 heavy (non-hydrogen) atoms. The minimum Gasteiger partial charge on any atom is -0.423 e. The first-order chi connectivity index (χ1) is 38.4. The standard InChI is InChI=1S/C66H75B2N5O6Si/c1-43(2)60(74)24-13-14-32-72(37-46-18-15-20-48-41-78-67(76)64(46)48)40-59-53-23-12-11-22-52(53)58(39-73(33-17-31-69-66(75)44(3)4)38-47-19-16-21-49-42-79-68(77)65(47)49)54-28-25-45(34-57(54)59)63-55-29-26-50(70(5)6)35-61(55)80(9,10)62-36-51(71(7)8)27-30-56(62)63/h11-12,15-16,18-23,25-30,34-36,76-77H,1,3,13-14,17,24,31-33,37-42H2,2,4-10H3/p+1. The molecule has 4 aliphatic rings. The van der Waals surface area contributed by atoms with E-state index < -0.39 is 22.3 Å².